The predicted octanol–water partition coefficient (Wildman–Crippen LogP) is 0.541. The van der Waals surface area contributed by atoms with Crippen molar-refractivity contribution in [2.45, 2.75) is 6.92 Å². The monoisotopic (exact) mass is 168 g/mol. The van der Waals surface area contributed by atoms with E-state index in [-0.39, 0.29) is 5.48 Å². The maximum atomic E-state index is 5.35. The van der Waals surface area contributed by atoms with Crippen molar-refractivity contribution in [1.82, 2.24) is 0 Å². The Morgan fingerprint density at radius 3 is 2.75 bits per heavy atom. The van der Waals surface area contributed by atoms with E-state index in [0.29, 0.717) is 6.54 Å². The molecule has 0 amide bonds. The van der Waals surface area contributed by atoms with Gasteiger partial charge in [-0.05, 0) is 24.6 Å². The van der Waals surface area contributed by atoms with Gasteiger partial charge in [0.15, 0.2) is 0 Å². The van der Waals surface area contributed by atoms with Crippen LogP contribution in [0.5, 0.6) is 0 Å². The summed E-state index contributed by atoms with van der Waals surface area (Å²) in [6, 6.07) is 8.26. The molecule has 0 bridgehead atoms. The average molecular weight is 168 g/mol. The van der Waals surface area contributed by atoms with Crippen LogP contribution in [0, 0.1) is 6.92 Å². The van der Waals surface area contributed by atoms with E-state index in [4.69, 9.17) is 5.73 Å². The summed E-state index contributed by atoms with van der Waals surface area (Å²) < 4.78 is 0. The van der Waals surface area contributed by atoms with Crippen LogP contribution in [-0.4, -0.2) is 18.6 Å². The first-order valence-electron chi connectivity index (χ1n) is 3.83. The standard InChI is InChI=1S/C9H14N2.H2O/c1-8-3-2-4-9(7-8)11-6-5-10;/h2-4,7,11H,5-6,10H2,1H3;1H2. The summed E-state index contributed by atoms with van der Waals surface area (Å²) in [5.41, 5.74) is 7.77. The lowest BCUT2D eigenvalue weighted by Crippen LogP contribution is -2.12. The second kappa shape index (κ2) is 5.57. The van der Waals surface area contributed by atoms with Gasteiger partial charge < -0.3 is 16.5 Å². The van der Waals surface area contributed by atoms with Gasteiger partial charge in [0.1, 0.15) is 0 Å². The molecule has 1 aromatic carbocycles. The van der Waals surface area contributed by atoms with Crippen LogP contribution in [0.1, 0.15) is 5.56 Å². The lowest BCUT2D eigenvalue weighted by molar-refractivity contribution is 0.824. The van der Waals surface area contributed by atoms with E-state index >= 15 is 0 Å². The zero-order chi connectivity index (χ0) is 8.10. The van der Waals surface area contributed by atoms with Crippen molar-refractivity contribution >= 4 is 5.69 Å². The molecule has 3 nitrogen and oxygen atoms in total. The molecule has 0 saturated heterocycles. The van der Waals surface area contributed by atoms with E-state index in [1.54, 1.807) is 0 Å². The molecule has 0 fully saturated rings. The molecule has 1 rings (SSSR count). The minimum absolute atomic E-state index is 0. The van der Waals surface area contributed by atoms with Crippen LogP contribution in [0.3, 0.4) is 0 Å². The number of hydrogen-bond donors (Lipinski definition) is 2. The molecule has 0 heterocycles. The van der Waals surface area contributed by atoms with Crippen LogP contribution in [0.15, 0.2) is 24.3 Å². The van der Waals surface area contributed by atoms with Crippen molar-refractivity contribution in [2.75, 3.05) is 18.4 Å². The Kier molecular flexibility index (Phi) is 5.08. The Hall–Kier alpha value is -1.06. The molecule has 5 N–H and O–H groups in total. The van der Waals surface area contributed by atoms with Gasteiger partial charge in [0.25, 0.3) is 0 Å². The summed E-state index contributed by atoms with van der Waals surface area (Å²) in [6.07, 6.45) is 0. The minimum Gasteiger partial charge on any atom is -0.412 e. The molecule has 0 radical (unpaired) electrons. The van der Waals surface area contributed by atoms with E-state index in [1.165, 1.54) is 5.56 Å². The van der Waals surface area contributed by atoms with Crippen LogP contribution in [-0.2, 0) is 0 Å². The molecule has 0 saturated carbocycles. The third-order valence-electron chi connectivity index (χ3n) is 1.49. The lowest BCUT2D eigenvalue weighted by Gasteiger charge is -2.04. The number of aryl methyl sites for hydroxylation is 1. The van der Waals surface area contributed by atoms with Crippen molar-refractivity contribution in [2.24, 2.45) is 5.73 Å². The third-order valence-corrected chi connectivity index (χ3v) is 1.49. The third kappa shape index (κ3) is 3.37. The van der Waals surface area contributed by atoms with Gasteiger partial charge in [-0.15, -0.1) is 0 Å². The van der Waals surface area contributed by atoms with E-state index in [1.807, 2.05) is 12.1 Å². The SMILES string of the molecule is Cc1cccc(NCCN)c1.O. The topological polar surface area (TPSA) is 69.5 Å². The highest BCUT2D eigenvalue weighted by molar-refractivity contribution is 5.45. The summed E-state index contributed by atoms with van der Waals surface area (Å²) >= 11 is 0. The van der Waals surface area contributed by atoms with Gasteiger partial charge in [-0.2, -0.15) is 0 Å². The van der Waals surface area contributed by atoms with Crippen LogP contribution in [0.25, 0.3) is 0 Å². The summed E-state index contributed by atoms with van der Waals surface area (Å²) in [4.78, 5) is 0. The Balaban J connectivity index is 0.00000121. The van der Waals surface area contributed by atoms with E-state index in [2.05, 4.69) is 24.4 Å². The van der Waals surface area contributed by atoms with Crippen LogP contribution in [0.2, 0.25) is 0 Å². The quantitative estimate of drug-likeness (QED) is 0.691. The summed E-state index contributed by atoms with van der Waals surface area (Å²) in [5, 5.41) is 3.21. The highest BCUT2D eigenvalue weighted by Gasteiger charge is 1.88. The van der Waals surface area contributed by atoms with Crippen LogP contribution >= 0.6 is 0 Å². The summed E-state index contributed by atoms with van der Waals surface area (Å²) in [6.45, 7) is 3.59. The van der Waals surface area contributed by atoms with Gasteiger partial charge in [0.05, 0.1) is 0 Å². The molecule has 0 aromatic heterocycles. The second-order valence-corrected chi connectivity index (χ2v) is 2.58. The van der Waals surface area contributed by atoms with Crippen molar-refractivity contribution in [1.29, 1.82) is 0 Å². The number of benzene rings is 1. The first-order valence-corrected chi connectivity index (χ1v) is 3.83. The number of nitrogens with two attached hydrogens (primary N) is 1. The number of hydrogen-bond acceptors (Lipinski definition) is 2. The van der Waals surface area contributed by atoms with E-state index in [9.17, 15) is 0 Å². The number of anilines is 1. The minimum atomic E-state index is 0. The van der Waals surface area contributed by atoms with Crippen molar-refractivity contribution in [3.05, 3.63) is 29.8 Å². The fourth-order valence-corrected chi connectivity index (χ4v) is 0.972. The molecular weight excluding hydrogens is 152 g/mol. The van der Waals surface area contributed by atoms with Crippen molar-refractivity contribution in [3.8, 4) is 0 Å². The number of nitrogens with one attached hydrogen (secondary N) is 1. The molecule has 0 spiro atoms. The van der Waals surface area contributed by atoms with Gasteiger partial charge in [-0.3, -0.25) is 0 Å². The second-order valence-electron chi connectivity index (χ2n) is 2.58. The fourth-order valence-electron chi connectivity index (χ4n) is 0.972. The molecule has 0 unspecified atom stereocenters. The van der Waals surface area contributed by atoms with Gasteiger partial charge in [0.2, 0.25) is 0 Å². The fraction of sp³-hybridized carbons (Fsp3) is 0.333. The van der Waals surface area contributed by atoms with Gasteiger partial charge in [-0.1, -0.05) is 12.1 Å². The predicted molar refractivity (Wildman–Crippen MR) is 52.3 cm³/mol. The van der Waals surface area contributed by atoms with Crippen molar-refractivity contribution in [3.63, 3.8) is 0 Å². The van der Waals surface area contributed by atoms with Crippen LogP contribution in [0.4, 0.5) is 5.69 Å². The van der Waals surface area contributed by atoms with Crippen LogP contribution < -0.4 is 11.1 Å². The largest absolute Gasteiger partial charge is 0.412 e. The normalized spacial score (nSPS) is 8.83. The highest BCUT2D eigenvalue weighted by atomic mass is 16.0. The zero-order valence-electron chi connectivity index (χ0n) is 7.30. The Bertz CT molecular complexity index is 226. The molecular formula is C9H16N2O. The lowest BCUT2D eigenvalue weighted by atomic mass is 10.2. The smallest absolute Gasteiger partial charge is 0.0343 e. The molecule has 0 aliphatic heterocycles. The Morgan fingerprint density at radius 2 is 2.17 bits per heavy atom. The molecule has 0 atom stereocenters. The Morgan fingerprint density at radius 1 is 1.42 bits per heavy atom. The van der Waals surface area contributed by atoms with Crippen molar-refractivity contribution < 1.29 is 5.48 Å². The first-order chi connectivity index (χ1) is 5.33. The first kappa shape index (κ1) is 10.9. The Labute approximate surface area is 72.9 Å². The number of rotatable bonds is 3. The van der Waals surface area contributed by atoms with Gasteiger partial charge >= 0.3 is 0 Å². The van der Waals surface area contributed by atoms with E-state index in [0.717, 1.165) is 12.2 Å². The maximum absolute atomic E-state index is 5.35. The molecule has 0 aliphatic carbocycles. The zero-order valence-corrected chi connectivity index (χ0v) is 7.30. The average Bonchev–Trinajstić information content (AvgIpc) is 2.01. The van der Waals surface area contributed by atoms with Gasteiger partial charge in [-0.25, -0.2) is 0 Å². The van der Waals surface area contributed by atoms with Gasteiger partial charge in [0, 0.05) is 18.8 Å². The summed E-state index contributed by atoms with van der Waals surface area (Å²) in [5.74, 6) is 0. The highest BCUT2D eigenvalue weighted by Crippen LogP contribution is 2.08. The molecule has 68 valence electrons. The molecule has 0 aliphatic rings. The molecule has 1 aromatic rings. The maximum Gasteiger partial charge on any atom is 0.0343 e. The molecule has 12 heavy (non-hydrogen) atoms. The summed E-state index contributed by atoms with van der Waals surface area (Å²) in [7, 11) is 0. The van der Waals surface area contributed by atoms with E-state index < -0.39 is 0 Å². The molecule has 3 heteroatoms.